The van der Waals surface area contributed by atoms with E-state index in [-0.39, 0.29) is 16.9 Å². The first-order valence-electron chi connectivity index (χ1n) is 9.68. The lowest BCUT2D eigenvalue weighted by atomic mass is 9.89. The zero-order valence-corrected chi connectivity index (χ0v) is 16.7. The highest BCUT2D eigenvalue weighted by Crippen LogP contribution is 2.25. The normalized spacial score (nSPS) is 17.4. The lowest BCUT2D eigenvalue weighted by Gasteiger charge is -2.36. The van der Waals surface area contributed by atoms with Crippen molar-refractivity contribution in [3.8, 4) is 11.3 Å². The van der Waals surface area contributed by atoms with Crippen LogP contribution in [0, 0.1) is 11.3 Å². The lowest BCUT2D eigenvalue weighted by Crippen LogP contribution is -2.45. The third-order valence-corrected chi connectivity index (χ3v) is 5.08. The fraction of sp³-hybridized carbons (Fsp3) is 0.455. The summed E-state index contributed by atoms with van der Waals surface area (Å²) >= 11 is 0. The number of carboxylic acids is 1. The minimum atomic E-state index is -0.945. The van der Waals surface area contributed by atoms with Crippen LogP contribution >= 0.6 is 0 Å². The van der Waals surface area contributed by atoms with E-state index < -0.39 is 5.97 Å². The summed E-state index contributed by atoms with van der Waals surface area (Å²) in [6.07, 6.45) is 6.43. The minimum absolute atomic E-state index is 0.212. The number of hydrogen-bond acceptors (Lipinski definition) is 4. The van der Waals surface area contributed by atoms with E-state index >= 15 is 0 Å². The van der Waals surface area contributed by atoms with Gasteiger partial charge >= 0.3 is 5.97 Å². The number of carbonyl (C=O) groups excluding carboxylic acids is 1. The zero-order valence-electron chi connectivity index (χ0n) is 16.7. The first kappa shape index (κ1) is 20.0. The summed E-state index contributed by atoms with van der Waals surface area (Å²) in [5.41, 5.74) is 2.37. The van der Waals surface area contributed by atoms with Crippen LogP contribution in [-0.4, -0.2) is 44.9 Å². The van der Waals surface area contributed by atoms with Crippen LogP contribution in [0.3, 0.4) is 0 Å². The number of aromatic nitrogens is 2. The number of carbonyl (C=O) groups is 2. The minimum Gasteiger partial charge on any atom is -0.478 e. The highest BCUT2D eigenvalue weighted by atomic mass is 16.4. The molecule has 1 amide bonds. The SMILES string of the molecule is CC(C)(C)C(=O)N1CCCC(Cc2cnc(-c3ccc(C(=O)O)cc3)cn2)C1. The van der Waals surface area contributed by atoms with E-state index in [9.17, 15) is 9.59 Å². The Labute approximate surface area is 165 Å². The van der Waals surface area contributed by atoms with Crippen molar-refractivity contribution in [3.05, 3.63) is 47.9 Å². The Kier molecular flexibility index (Phi) is 5.77. The van der Waals surface area contributed by atoms with Crippen molar-refractivity contribution in [2.75, 3.05) is 13.1 Å². The van der Waals surface area contributed by atoms with E-state index in [1.54, 1.807) is 36.7 Å². The molecule has 0 bridgehead atoms. The lowest BCUT2D eigenvalue weighted by molar-refractivity contribution is -0.141. The van der Waals surface area contributed by atoms with Crippen molar-refractivity contribution in [2.45, 2.75) is 40.0 Å². The van der Waals surface area contributed by atoms with E-state index in [0.29, 0.717) is 11.6 Å². The molecule has 6 nitrogen and oxygen atoms in total. The number of nitrogens with zero attached hydrogens (tertiary/aromatic N) is 3. The number of benzene rings is 1. The van der Waals surface area contributed by atoms with Gasteiger partial charge in [-0.2, -0.15) is 0 Å². The van der Waals surface area contributed by atoms with Crippen molar-refractivity contribution >= 4 is 11.9 Å². The molecule has 0 spiro atoms. The van der Waals surface area contributed by atoms with Gasteiger partial charge in [0.05, 0.1) is 23.1 Å². The largest absolute Gasteiger partial charge is 0.478 e. The molecule has 2 aromatic rings. The van der Waals surface area contributed by atoms with Crippen LogP contribution in [0.1, 0.15) is 49.7 Å². The molecule has 6 heteroatoms. The number of carboxylic acid groups (broad SMARTS) is 1. The van der Waals surface area contributed by atoms with Crippen LogP contribution in [0.25, 0.3) is 11.3 Å². The van der Waals surface area contributed by atoms with E-state index in [1.807, 2.05) is 25.7 Å². The Bertz CT molecular complexity index is 839. The quantitative estimate of drug-likeness (QED) is 0.874. The van der Waals surface area contributed by atoms with Gasteiger partial charge in [0, 0.05) is 30.3 Å². The summed E-state index contributed by atoms with van der Waals surface area (Å²) in [6, 6.07) is 6.61. The molecule has 0 aliphatic carbocycles. The summed E-state index contributed by atoms with van der Waals surface area (Å²) in [7, 11) is 0. The predicted octanol–water partition coefficient (Wildman–Crippen LogP) is 3.67. The standard InChI is InChI=1S/C22H27N3O3/c1-22(2,3)21(28)25-10-4-5-15(14-25)11-18-12-24-19(13-23-18)16-6-8-17(9-7-16)20(26)27/h6-9,12-13,15H,4-5,10-11,14H2,1-3H3,(H,26,27). The maximum Gasteiger partial charge on any atom is 0.335 e. The summed E-state index contributed by atoms with van der Waals surface area (Å²) < 4.78 is 0. The molecule has 1 aromatic carbocycles. The molecule has 1 unspecified atom stereocenters. The van der Waals surface area contributed by atoms with Gasteiger partial charge in [0.1, 0.15) is 0 Å². The molecule has 1 fully saturated rings. The molecular formula is C22H27N3O3. The maximum absolute atomic E-state index is 12.5. The molecule has 2 heterocycles. The highest BCUT2D eigenvalue weighted by molar-refractivity contribution is 5.88. The summed E-state index contributed by atoms with van der Waals surface area (Å²) in [6.45, 7) is 7.50. The van der Waals surface area contributed by atoms with Crippen LogP contribution in [0.15, 0.2) is 36.7 Å². The number of aromatic carboxylic acids is 1. The number of rotatable bonds is 4. The molecule has 148 valence electrons. The molecule has 1 N–H and O–H groups in total. The van der Waals surface area contributed by atoms with Crippen LogP contribution in [0.2, 0.25) is 0 Å². The van der Waals surface area contributed by atoms with E-state index in [1.165, 1.54) is 0 Å². The molecular weight excluding hydrogens is 354 g/mol. The van der Waals surface area contributed by atoms with Gasteiger partial charge in [-0.15, -0.1) is 0 Å². The first-order valence-corrected chi connectivity index (χ1v) is 9.68. The van der Waals surface area contributed by atoms with Crippen molar-refractivity contribution in [3.63, 3.8) is 0 Å². The third-order valence-electron chi connectivity index (χ3n) is 5.08. The molecule has 1 saturated heterocycles. The number of hydrogen-bond donors (Lipinski definition) is 1. The van der Waals surface area contributed by atoms with Gasteiger partial charge in [-0.25, -0.2) is 4.79 Å². The third kappa shape index (κ3) is 4.74. The zero-order chi connectivity index (χ0) is 20.3. The van der Waals surface area contributed by atoms with Crippen molar-refractivity contribution in [2.24, 2.45) is 11.3 Å². The second-order valence-corrected chi connectivity index (χ2v) is 8.49. The molecule has 1 atom stereocenters. The Morgan fingerprint density at radius 1 is 1.14 bits per heavy atom. The molecule has 0 radical (unpaired) electrons. The molecule has 3 rings (SSSR count). The maximum atomic E-state index is 12.5. The fourth-order valence-corrected chi connectivity index (χ4v) is 3.58. The second kappa shape index (κ2) is 8.09. The molecule has 0 saturated carbocycles. The van der Waals surface area contributed by atoms with Gasteiger partial charge in [0.15, 0.2) is 0 Å². The number of piperidine rings is 1. The Morgan fingerprint density at radius 2 is 1.86 bits per heavy atom. The van der Waals surface area contributed by atoms with E-state index in [0.717, 1.165) is 43.6 Å². The van der Waals surface area contributed by atoms with Crippen LogP contribution < -0.4 is 0 Å². The average Bonchev–Trinajstić information content (AvgIpc) is 2.67. The molecule has 1 aliphatic heterocycles. The monoisotopic (exact) mass is 381 g/mol. The Balaban J connectivity index is 1.64. The number of likely N-dealkylation sites (tertiary alicyclic amines) is 1. The fourth-order valence-electron chi connectivity index (χ4n) is 3.58. The molecule has 1 aliphatic rings. The van der Waals surface area contributed by atoms with E-state index in [4.69, 9.17) is 5.11 Å². The highest BCUT2D eigenvalue weighted by Gasteiger charge is 2.31. The average molecular weight is 381 g/mol. The molecule has 1 aromatic heterocycles. The first-order chi connectivity index (χ1) is 13.2. The van der Waals surface area contributed by atoms with Crippen molar-refractivity contribution in [1.29, 1.82) is 0 Å². The van der Waals surface area contributed by atoms with Crippen LogP contribution in [0.5, 0.6) is 0 Å². The van der Waals surface area contributed by atoms with Crippen molar-refractivity contribution < 1.29 is 14.7 Å². The summed E-state index contributed by atoms with van der Waals surface area (Å²) in [5, 5.41) is 8.98. The van der Waals surface area contributed by atoms with Crippen molar-refractivity contribution in [1.82, 2.24) is 14.9 Å². The van der Waals surface area contributed by atoms with Gasteiger partial charge in [-0.3, -0.25) is 14.8 Å². The van der Waals surface area contributed by atoms with Gasteiger partial charge < -0.3 is 10.0 Å². The Hall–Kier alpha value is -2.76. The van der Waals surface area contributed by atoms with Gasteiger partial charge in [0.25, 0.3) is 0 Å². The van der Waals surface area contributed by atoms with E-state index in [2.05, 4.69) is 9.97 Å². The predicted molar refractivity (Wildman–Crippen MR) is 107 cm³/mol. The summed E-state index contributed by atoms with van der Waals surface area (Å²) in [4.78, 5) is 34.5. The smallest absolute Gasteiger partial charge is 0.335 e. The van der Waals surface area contributed by atoms with Crippen LogP contribution in [0.4, 0.5) is 0 Å². The van der Waals surface area contributed by atoms with Gasteiger partial charge in [-0.05, 0) is 37.3 Å². The second-order valence-electron chi connectivity index (χ2n) is 8.49. The Morgan fingerprint density at radius 3 is 2.43 bits per heavy atom. The number of amides is 1. The van der Waals surface area contributed by atoms with Gasteiger partial charge in [-0.1, -0.05) is 32.9 Å². The summed E-state index contributed by atoms with van der Waals surface area (Å²) in [5.74, 6) is -0.335. The van der Waals surface area contributed by atoms with Gasteiger partial charge in [0.2, 0.25) is 5.91 Å². The van der Waals surface area contributed by atoms with Crippen LogP contribution in [-0.2, 0) is 11.2 Å². The topological polar surface area (TPSA) is 83.4 Å². The molecule has 28 heavy (non-hydrogen) atoms.